The number of hydrogen-bond donors (Lipinski definition) is 1. The lowest BCUT2D eigenvalue weighted by molar-refractivity contribution is -0.142. The maximum Gasteiger partial charge on any atom is 0.256 e. The molecule has 1 fully saturated rings. The Kier molecular flexibility index (Phi) is 5.12. The van der Waals surface area contributed by atoms with Crippen molar-refractivity contribution >= 4 is 11.6 Å². The highest BCUT2D eigenvalue weighted by Crippen LogP contribution is 2.42. The van der Waals surface area contributed by atoms with Gasteiger partial charge < -0.3 is 14.8 Å². The van der Waals surface area contributed by atoms with Crippen LogP contribution in [0.1, 0.15) is 44.2 Å². The van der Waals surface area contributed by atoms with Crippen LogP contribution in [0.25, 0.3) is 0 Å². The normalized spacial score (nSPS) is 17.0. The monoisotopic (exact) mass is 305 g/mol. The average Bonchev–Trinajstić information content (AvgIpc) is 3.29. The van der Waals surface area contributed by atoms with Gasteiger partial charge in [-0.15, -0.1) is 0 Å². The Morgan fingerprint density at radius 1 is 1.32 bits per heavy atom. The number of anilines is 1. The molecule has 0 radical (unpaired) electrons. The van der Waals surface area contributed by atoms with Gasteiger partial charge in [0.2, 0.25) is 0 Å². The van der Waals surface area contributed by atoms with E-state index in [1.54, 1.807) is 7.11 Å². The predicted octanol–water partition coefficient (Wildman–Crippen LogP) is 3.85. The number of benzene rings is 1. The molecule has 0 spiro atoms. The summed E-state index contributed by atoms with van der Waals surface area (Å²) < 4.78 is 11.3. The van der Waals surface area contributed by atoms with Crippen molar-refractivity contribution in [3.8, 4) is 5.75 Å². The summed E-state index contributed by atoms with van der Waals surface area (Å²) in [5.74, 6) is 1.15. The van der Waals surface area contributed by atoms with E-state index >= 15 is 0 Å². The molecule has 2 rings (SSSR count). The van der Waals surface area contributed by atoms with E-state index in [2.05, 4.69) is 12.2 Å². The second-order valence-corrected chi connectivity index (χ2v) is 6.33. The molecule has 1 saturated carbocycles. The van der Waals surface area contributed by atoms with E-state index in [0.29, 0.717) is 12.5 Å². The molecule has 0 unspecified atom stereocenters. The molecular weight excluding hydrogens is 278 g/mol. The molecule has 4 heteroatoms. The summed E-state index contributed by atoms with van der Waals surface area (Å²) in [5, 5.41) is 3.03. The Bertz CT molecular complexity index is 528. The van der Waals surface area contributed by atoms with Crippen molar-refractivity contribution in [2.75, 3.05) is 19.0 Å². The van der Waals surface area contributed by atoms with Crippen molar-refractivity contribution < 1.29 is 14.3 Å². The van der Waals surface area contributed by atoms with E-state index < -0.39 is 5.60 Å². The Labute approximate surface area is 133 Å². The summed E-state index contributed by atoms with van der Waals surface area (Å²) >= 11 is 0. The van der Waals surface area contributed by atoms with E-state index in [9.17, 15) is 4.79 Å². The van der Waals surface area contributed by atoms with Crippen LogP contribution in [0.2, 0.25) is 0 Å². The van der Waals surface area contributed by atoms with Gasteiger partial charge in [0, 0.05) is 12.3 Å². The zero-order chi connectivity index (χ0) is 16.3. The van der Waals surface area contributed by atoms with Crippen molar-refractivity contribution in [1.82, 2.24) is 0 Å². The number of aryl methyl sites for hydroxylation is 2. The molecule has 4 nitrogen and oxygen atoms in total. The van der Waals surface area contributed by atoms with E-state index in [0.717, 1.165) is 41.8 Å². The summed E-state index contributed by atoms with van der Waals surface area (Å²) in [6, 6.07) is 3.88. The smallest absolute Gasteiger partial charge is 0.256 e. The zero-order valence-corrected chi connectivity index (χ0v) is 14.3. The van der Waals surface area contributed by atoms with Gasteiger partial charge in [0.15, 0.2) is 0 Å². The molecule has 0 bridgehead atoms. The first-order chi connectivity index (χ1) is 10.4. The fraction of sp³-hybridized carbons (Fsp3) is 0.611. The molecule has 0 heterocycles. The third-order valence-electron chi connectivity index (χ3n) is 4.34. The SMILES string of the molecule is CCCO[C@@](C)(C(=O)Nc1cc(C)c(OC)c(C)c1)C1CC1. The van der Waals surface area contributed by atoms with Crippen LogP contribution in [-0.2, 0) is 9.53 Å². The number of hydrogen-bond acceptors (Lipinski definition) is 3. The van der Waals surface area contributed by atoms with Crippen LogP contribution >= 0.6 is 0 Å². The summed E-state index contributed by atoms with van der Waals surface area (Å²) in [7, 11) is 1.66. The first kappa shape index (κ1) is 16.8. The fourth-order valence-electron chi connectivity index (χ4n) is 2.92. The number of ether oxygens (including phenoxy) is 2. The molecule has 1 aliphatic carbocycles. The molecule has 1 aromatic rings. The second-order valence-electron chi connectivity index (χ2n) is 6.33. The van der Waals surface area contributed by atoms with Crippen molar-refractivity contribution in [2.45, 2.75) is 52.6 Å². The van der Waals surface area contributed by atoms with Gasteiger partial charge in [-0.25, -0.2) is 0 Å². The number of nitrogens with one attached hydrogen (secondary N) is 1. The molecular formula is C18H27NO3. The lowest BCUT2D eigenvalue weighted by Crippen LogP contribution is -2.45. The zero-order valence-electron chi connectivity index (χ0n) is 14.3. The molecule has 1 N–H and O–H groups in total. The summed E-state index contributed by atoms with van der Waals surface area (Å²) in [6.45, 7) is 8.55. The standard InChI is InChI=1S/C18H27NO3/c1-6-9-22-18(4,14-7-8-14)17(20)19-15-10-12(2)16(21-5)13(3)11-15/h10-11,14H,6-9H2,1-5H3,(H,19,20)/t18-/m1/s1. The average molecular weight is 305 g/mol. The van der Waals surface area contributed by atoms with Crippen LogP contribution < -0.4 is 10.1 Å². The fourth-order valence-corrected chi connectivity index (χ4v) is 2.92. The van der Waals surface area contributed by atoms with Crippen LogP contribution in [0.15, 0.2) is 12.1 Å². The minimum atomic E-state index is -0.724. The summed E-state index contributed by atoms with van der Waals surface area (Å²) in [5.41, 5.74) is 2.10. The molecule has 1 aliphatic rings. The molecule has 1 amide bonds. The molecule has 1 atom stereocenters. The van der Waals surface area contributed by atoms with Crippen LogP contribution in [0.5, 0.6) is 5.75 Å². The van der Waals surface area contributed by atoms with Gasteiger partial charge in [-0.05, 0) is 69.2 Å². The second kappa shape index (κ2) is 6.69. The molecule has 0 saturated heterocycles. The molecule has 122 valence electrons. The highest BCUT2D eigenvalue weighted by molar-refractivity contribution is 5.97. The summed E-state index contributed by atoms with van der Waals surface area (Å²) in [6.07, 6.45) is 3.04. The van der Waals surface area contributed by atoms with Gasteiger partial charge in [0.25, 0.3) is 5.91 Å². The van der Waals surface area contributed by atoms with Crippen LogP contribution in [-0.4, -0.2) is 25.2 Å². The third kappa shape index (κ3) is 3.43. The van der Waals surface area contributed by atoms with Gasteiger partial charge in [-0.1, -0.05) is 6.92 Å². The Hall–Kier alpha value is -1.55. The van der Waals surface area contributed by atoms with E-state index in [4.69, 9.17) is 9.47 Å². The highest BCUT2D eigenvalue weighted by Gasteiger charge is 2.48. The third-order valence-corrected chi connectivity index (χ3v) is 4.34. The van der Waals surface area contributed by atoms with E-state index in [1.165, 1.54) is 0 Å². The Morgan fingerprint density at radius 2 is 1.91 bits per heavy atom. The van der Waals surface area contributed by atoms with Gasteiger partial charge in [0.1, 0.15) is 11.4 Å². The van der Waals surface area contributed by atoms with Crippen molar-refractivity contribution in [3.05, 3.63) is 23.3 Å². The summed E-state index contributed by atoms with van der Waals surface area (Å²) in [4.78, 5) is 12.7. The Balaban J connectivity index is 2.16. The molecule has 1 aromatic carbocycles. The molecule has 0 aliphatic heterocycles. The van der Waals surface area contributed by atoms with Gasteiger partial charge >= 0.3 is 0 Å². The first-order valence-corrected chi connectivity index (χ1v) is 8.03. The van der Waals surface area contributed by atoms with E-state index in [1.807, 2.05) is 32.9 Å². The van der Waals surface area contributed by atoms with E-state index in [-0.39, 0.29) is 5.91 Å². The van der Waals surface area contributed by atoms with Crippen LogP contribution in [0.4, 0.5) is 5.69 Å². The number of methoxy groups -OCH3 is 1. The van der Waals surface area contributed by atoms with Gasteiger partial charge in [0.05, 0.1) is 7.11 Å². The molecule has 0 aromatic heterocycles. The maximum absolute atomic E-state index is 12.7. The van der Waals surface area contributed by atoms with Crippen LogP contribution in [0, 0.1) is 19.8 Å². The topological polar surface area (TPSA) is 47.6 Å². The minimum absolute atomic E-state index is 0.0487. The van der Waals surface area contributed by atoms with Crippen LogP contribution in [0.3, 0.4) is 0 Å². The number of carbonyl (C=O) groups is 1. The van der Waals surface area contributed by atoms with Crippen molar-refractivity contribution in [2.24, 2.45) is 5.92 Å². The number of amides is 1. The van der Waals surface area contributed by atoms with Crippen molar-refractivity contribution in [3.63, 3.8) is 0 Å². The number of carbonyl (C=O) groups excluding carboxylic acids is 1. The number of rotatable bonds is 7. The van der Waals surface area contributed by atoms with Gasteiger partial charge in [-0.3, -0.25) is 4.79 Å². The largest absolute Gasteiger partial charge is 0.496 e. The first-order valence-electron chi connectivity index (χ1n) is 8.03. The molecule has 22 heavy (non-hydrogen) atoms. The maximum atomic E-state index is 12.7. The van der Waals surface area contributed by atoms with Gasteiger partial charge in [-0.2, -0.15) is 0 Å². The predicted molar refractivity (Wildman–Crippen MR) is 88.5 cm³/mol. The minimum Gasteiger partial charge on any atom is -0.496 e. The van der Waals surface area contributed by atoms with Crippen molar-refractivity contribution in [1.29, 1.82) is 0 Å². The lowest BCUT2D eigenvalue weighted by Gasteiger charge is -2.29. The quantitative estimate of drug-likeness (QED) is 0.832. The Morgan fingerprint density at radius 3 is 2.36 bits per heavy atom. The lowest BCUT2D eigenvalue weighted by atomic mass is 9.98. The highest BCUT2D eigenvalue weighted by atomic mass is 16.5.